The normalized spacial score (nSPS) is 15.6. The van der Waals surface area contributed by atoms with Crippen molar-refractivity contribution in [2.75, 3.05) is 36.8 Å². The highest BCUT2D eigenvalue weighted by Gasteiger charge is 2.28. The number of ether oxygens (including phenoxy) is 1. The molecule has 6 nitrogen and oxygen atoms in total. The van der Waals surface area contributed by atoms with Crippen molar-refractivity contribution in [2.45, 2.75) is 13.3 Å². The van der Waals surface area contributed by atoms with Crippen LogP contribution in [0.2, 0.25) is 0 Å². The Morgan fingerprint density at radius 2 is 1.85 bits per heavy atom. The minimum atomic E-state index is -3.21. The Kier molecular flexibility index (Phi) is 5.70. The number of benzene rings is 2. The number of carbonyl (C=O) groups excluding carboxylic acids is 1. The monoisotopic (exact) mass is 388 g/mol. The summed E-state index contributed by atoms with van der Waals surface area (Å²) >= 11 is 0. The molecule has 0 atom stereocenters. The number of amides is 1. The highest BCUT2D eigenvalue weighted by atomic mass is 32.2. The van der Waals surface area contributed by atoms with Gasteiger partial charge in [0.15, 0.2) is 0 Å². The average molecular weight is 388 g/mol. The highest BCUT2D eigenvalue weighted by molar-refractivity contribution is 7.93. The number of hydrogen-bond acceptors (Lipinski definition) is 4. The molecule has 0 aliphatic carbocycles. The van der Waals surface area contributed by atoms with E-state index in [9.17, 15) is 13.2 Å². The predicted molar refractivity (Wildman–Crippen MR) is 106 cm³/mol. The first-order valence-corrected chi connectivity index (χ1v) is 10.5. The van der Waals surface area contributed by atoms with Gasteiger partial charge in [0.05, 0.1) is 18.0 Å². The van der Waals surface area contributed by atoms with Crippen LogP contribution in [-0.2, 0) is 10.0 Å². The lowest BCUT2D eigenvalue weighted by molar-refractivity contribution is 0.0773. The van der Waals surface area contributed by atoms with Gasteiger partial charge in [0, 0.05) is 19.2 Å². The maximum Gasteiger partial charge on any atom is 0.253 e. The van der Waals surface area contributed by atoms with Crippen LogP contribution < -0.4 is 9.04 Å². The van der Waals surface area contributed by atoms with Gasteiger partial charge in [-0.25, -0.2) is 8.42 Å². The molecule has 3 rings (SSSR count). The molecule has 7 heteroatoms. The topological polar surface area (TPSA) is 66.9 Å². The van der Waals surface area contributed by atoms with Gasteiger partial charge in [0.1, 0.15) is 12.4 Å². The summed E-state index contributed by atoms with van der Waals surface area (Å²) in [6.07, 6.45) is 0.632. The number of anilines is 1. The van der Waals surface area contributed by atoms with Crippen molar-refractivity contribution in [2.24, 2.45) is 0 Å². The number of para-hydroxylation sites is 1. The lowest BCUT2D eigenvalue weighted by Gasteiger charge is -2.20. The lowest BCUT2D eigenvalue weighted by atomic mass is 10.2. The summed E-state index contributed by atoms with van der Waals surface area (Å²) in [4.78, 5) is 14.1. The molecule has 0 spiro atoms. The van der Waals surface area contributed by atoms with Crippen LogP contribution in [0.3, 0.4) is 0 Å². The third kappa shape index (κ3) is 4.42. The number of nitrogens with zero attached hydrogens (tertiary/aromatic N) is 2. The third-order valence-corrected chi connectivity index (χ3v) is 6.50. The van der Waals surface area contributed by atoms with Gasteiger partial charge < -0.3 is 9.64 Å². The number of rotatable bonds is 6. The quantitative estimate of drug-likeness (QED) is 0.763. The van der Waals surface area contributed by atoms with Crippen LogP contribution in [0.4, 0.5) is 5.69 Å². The van der Waals surface area contributed by atoms with Gasteiger partial charge in [0.25, 0.3) is 5.91 Å². The molecular weight excluding hydrogens is 364 g/mol. The van der Waals surface area contributed by atoms with E-state index >= 15 is 0 Å². The fourth-order valence-electron chi connectivity index (χ4n) is 3.03. The van der Waals surface area contributed by atoms with Crippen LogP contribution in [0.25, 0.3) is 0 Å². The second kappa shape index (κ2) is 8.00. The Hall–Kier alpha value is -2.54. The molecule has 0 unspecified atom stereocenters. The van der Waals surface area contributed by atoms with Crippen molar-refractivity contribution >= 4 is 21.6 Å². The number of likely N-dealkylation sites (N-methyl/N-ethyl adjacent to an activating group) is 1. The molecule has 0 bridgehead atoms. The molecule has 27 heavy (non-hydrogen) atoms. The summed E-state index contributed by atoms with van der Waals surface area (Å²) < 4.78 is 31.1. The van der Waals surface area contributed by atoms with E-state index in [-0.39, 0.29) is 11.7 Å². The molecule has 0 saturated carbocycles. The van der Waals surface area contributed by atoms with Gasteiger partial charge in [-0.05, 0) is 49.2 Å². The number of aryl methyl sites for hydroxylation is 1. The molecular formula is C20H24N2O4S. The van der Waals surface area contributed by atoms with Gasteiger partial charge in [-0.15, -0.1) is 0 Å². The Balaban J connectivity index is 1.57. The summed E-state index contributed by atoms with van der Waals surface area (Å²) in [6, 6.07) is 14.5. The molecule has 0 N–H and O–H groups in total. The van der Waals surface area contributed by atoms with Crippen molar-refractivity contribution in [3.63, 3.8) is 0 Å². The number of hydrogen-bond donors (Lipinski definition) is 0. The van der Waals surface area contributed by atoms with Gasteiger partial charge in [0.2, 0.25) is 10.0 Å². The first-order chi connectivity index (χ1) is 12.9. The van der Waals surface area contributed by atoms with Crippen LogP contribution in [0, 0.1) is 6.92 Å². The van der Waals surface area contributed by atoms with Gasteiger partial charge in [-0.2, -0.15) is 0 Å². The minimum absolute atomic E-state index is 0.126. The molecule has 1 saturated heterocycles. The van der Waals surface area contributed by atoms with Crippen LogP contribution >= 0.6 is 0 Å². The van der Waals surface area contributed by atoms with E-state index < -0.39 is 10.0 Å². The van der Waals surface area contributed by atoms with E-state index in [1.807, 2.05) is 31.2 Å². The Morgan fingerprint density at radius 1 is 1.15 bits per heavy atom. The summed E-state index contributed by atoms with van der Waals surface area (Å²) in [5.74, 6) is 0.867. The zero-order valence-corrected chi connectivity index (χ0v) is 16.4. The molecule has 0 aromatic heterocycles. The standard InChI is InChI=1S/C20H24N2O4S/c1-16-6-3-4-7-19(16)26-14-13-21(2)20(23)17-8-10-18(11-9-17)22-12-5-15-27(22,24)25/h3-4,6-11H,5,12-15H2,1-2H3. The first-order valence-electron chi connectivity index (χ1n) is 8.93. The maximum absolute atomic E-state index is 12.6. The molecule has 2 aromatic rings. The predicted octanol–water partition coefficient (Wildman–Crippen LogP) is 2.69. The Labute approximate surface area is 160 Å². The smallest absolute Gasteiger partial charge is 0.253 e. The fraction of sp³-hybridized carbons (Fsp3) is 0.350. The van der Waals surface area contributed by atoms with Gasteiger partial charge >= 0.3 is 0 Å². The summed E-state index contributed by atoms with van der Waals surface area (Å²) in [7, 11) is -1.49. The molecule has 1 fully saturated rings. The number of carbonyl (C=O) groups is 1. The van der Waals surface area contributed by atoms with E-state index in [0.717, 1.165) is 11.3 Å². The zero-order chi connectivity index (χ0) is 19.4. The van der Waals surface area contributed by atoms with E-state index in [1.54, 1.807) is 36.2 Å². The highest BCUT2D eigenvalue weighted by Crippen LogP contribution is 2.24. The van der Waals surface area contributed by atoms with Crippen LogP contribution in [0.1, 0.15) is 22.3 Å². The van der Waals surface area contributed by atoms with Crippen molar-refractivity contribution in [1.29, 1.82) is 0 Å². The van der Waals surface area contributed by atoms with Crippen molar-refractivity contribution in [1.82, 2.24) is 4.90 Å². The molecule has 1 aliphatic rings. The second-order valence-electron chi connectivity index (χ2n) is 6.63. The third-order valence-electron chi connectivity index (χ3n) is 4.63. The first kappa shape index (κ1) is 19.2. The number of sulfonamides is 1. The van der Waals surface area contributed by atoms with Crippen molar-refractivity contribution in [3.8, 4) is 5.75 Å². The van der Waals surface area contributed by atoms with E-state index in [2.05, 4.69) is 0 Å². The van der Waals surface area contributed by atoms with E-state index in [1.165, 1.54) is 4.31 Å². The minimum Gasteiger partial charge on any atom is -0.491 e. The summed E-state index contributed by atoms with van der Waals surface area (Å²) in [5, 5.41) is 0. The zero-order valence-electron chi connectivity index (χ0n) is 15.6. The molecule has 1 aliphatic heterocycles. The Bertz CT molecular complexity index is 910. The van der Waals surface area contributed by atoms with Crippen molar-refractivity contribution < 1.29 is 17.9 Å². The molecule has 1 heterocycles. The lowest BCUT2D eigenvalue weighted by Crippen LogP contribution is -2.31. The van der Waals surface area contributed by atoms with Crippen LogP contribution in [0.15, 0.2) is 48.5 Å². The van der Waals surface area contributed by atoms with E-state index in [4.69, 9.17) is 4.74 Å². The fourth-order valence-corrected chi connectivity index (χ4v) is 4.60. The molecule has 0 radical (unpaired) electrons. The summed E-state index contributed by atoms with van der Waals surface area (Å²) in [5.41, 5.74) is 2.18. The molecule has 144 valence electrons. The maximum atomic E-state index is 12.6. The second-order valence-corrected chi connectivity index (χ2v) is 8.64. The van der Waals surface area contributed by atoms with Crippen LogP contribution in [-0.4, -0.2) is 51.7 Å². The van der Waals surface area contributed by atoms with Gasteiger partial charge in [-0.3, -0.25) is 9.10 Å². The SMILES string of the molecule is Cc1ccccc1OCCN(C)C(=O)c1ccc(N2CCCS2(=O)=O)cc1. The van der Waals surface area contributed by atoms with Crippen molar-refractivity contribution in [3.05, 3.63) is 59.7 Å². The Morgan fingerprint density at radius 3 is 2.48 bits per heavy atom. The van der Waals surface area contributed by atoms with Crippen LogP contribution in [0.5, 0.6) is 5.75 Å². The summed E-state index contributed by atoms with van der Waals surface area (Å²) in [6.45, 7) is 3.32. The van der Waals surface area contributed by atoms with Gasteiger partial charge in [-0.1, -0.05) is 18.2 Å². The largest absolute Gasteiger partial charge is 0.491 e. The average Bonchev–Trinajstić information content (AvgIpc) is 3.02. The molecule has 1 amide bonds. The van der Waals surface area contributed by atoms with E-state index in [0.29, 0.717) is 37.4 Å². The molecule has 2 aromatic carbocycles.